The van der Waals surface area contributed by atoms with Crippen LogP contribution in [0.25, 0.3) is 0 Å². The van der Waals surface area contributed by atoms with Crippen LogP contribution >= 0.6 is 7.60 Å². The summed E-state index contributed by atoms with van der Waals surface area (Å²) in [5.41, 5.74) is 1.63. The minimum absolute atomic E-state index is 0.237. The molecular formula is C8H17F3NO4P. The van der Waals surface area contributed by atoms with Gasteiger partial charge in [0.25, 0.3) is 0 Å². The lowest BCUT2D eigenvalue weighted by atomic mass is 10.5. The summed E-state index contributed by atoms with van der Waals surface area (Å²) in [6.45, 7) is 3.22. The molecule has 0 saturated carbocycles. The molecule has 0 aliphatic carbocycles. The molecule has 0 saturated heterocycles. The number of halogens is 3. The Balaban J connectivity index is 5.45. The van der Waals surface area contributed by atoms with Crippen LogP contribution in [0.1, 0.15) is 20.8 Å². The topological polar surface area (TPSA) is 70.8 Å². The van der Waals surface area contributed by atoms with Gasteiger partial charge in [-0.25, -0.2) is 0 Å². The van der Waals surface area contributed by atoms with E-state index in [2.05, 4.69) is 13.8 Å². The molecule has 1 unspecified atom stereocenters. The van der Waals surface area contributed by atoms with Crippen molar-refractivity contribution in [3.8, 4) is 0 Å². The smallest absolute Gasteiger partial charge is 0.343 e. The standard InChI is InChI=1S/C8H17F3NO4P/c1-4-14-8(12,7(9,10)11)17(13,15-5-2)16-6-3/h4-6,12H2,1-3H3. The fourth-order valence-corrected chi connectivity index (χ4v) is 2.84. The second-order valence-electron chi connectivity index (χ2n) is 2.96. The fourth-order valence-electron chi connectivity index (χ4n) is 1.11. The van der Waals surface area contributed by atoms with E-state index in [4.69, 9.17) is 5.73 Å². The van der Waals surface area contributed by atoms with Crippen LogP contribution in [0.5, 0.6) is 0 Å². The van der Waals surface area contributed by atoms with Crippen LogP contribution in [0, 0.1) is 0 Å². The third-order valence-corrected chi connectivity index (χ3v) is 4.17. The first kappa shape index (κ1) is 16.9. The Kier molecular flexibility index (Phi) is 6.10. The summed E-state index contributed by atoms with van der Waals surface area (Å²) in [4.78, 5) is 0. The minimum atomic E-state index is -5.07. The molecule has 5 nitrogen and oxygen atoms in total. The van der Waals surface area contributed by atoms with Crippen LogP contribution in [0.4, 0.5) is 13.2 Å². The average Bonchev–Trinajstić information content (AvgIpc) is 2.16. The van der Waals surface area contributed by atoms with Gasteiger partial charge in [0.15, 0.2) is 0 Å². The van der Waals surface area contributed by atoms with Gasteiger partial charge in [-0.05, 0) is 20.8 Å². The van der Waals surface area contributed by atoms with Crippen molar-refractivity contribution < 1.29 is 31.5 Å². The van der Waals surface area contributed by atoms with E-state index in [1.54, 1.807) is 0 Å². The molecule has 0 aromatic rings. The highest BCUT2D eigenvalue weighted by atomic mass is 31.2. The summed E-state index contributed by atoms with van der Waals surface area (Å²) in [5, 5.41) is 0. The van der Waals surface area contributed by atoms with Crippen LogP contribution < -0.4 is 5.73 Å². The highest BCUT2D eigenvalue weighted by Crippen LogP contribution is 2.63. The van der Waals surface area contributed by atoms with Gasteiger partial charge in [-0.1, -0.05) is 0 Å². The number of hydrogen-bond acceptors (Lipinski definition) is 5. The average molecular weight is 279 g/mol. The molecule has 0 aliphatic rings. The molecule has 2 N–H and O–H groups in total. The van der Waals surface area contributed by atoms with E-state index in [9.17, 15) is 17.7 Å². The van der Waals surface area contributed by atoms with Crippen LogP contribution in [-0.2, 0) is 18.3 Å². The van der Waals surface area contributed by atoms with E-state index in [1.165, 1.54) is 20.8 Å². The molecule has 1 atom stereocenters. The van der Waals surface area contributed by atoms with Crippen molar-refractivity contribution in [1.29, 1.82) is 0 Å². The van der Waals surface area contributed by atoms with Crippen molar-refractivity contribution in [1.82, 2.24) is 0 Å². The monoisotopic (exact) mass is 279 g/mol. The normalized spacial score (nSPS) is 16.9. The Morgan fingerprint density at radius 1 is 1.06 bits per heavy atom. The summed E-state index contributed by atoms with van der Waals surface area (Å²) in [6.07, 6.45) is -5.07. The Morgan fingerprint density at radius 3 is 1.71 bits per heavy atom. The Morgan fingerprint density at radius 2 is 1.47 bits per heavy atom. The second-order valence-corrected chi connectivity index (χ2v) is 5.14. The lowest BCUT2D eigenvalue weighted by Gasteiger charge is -2.35. The molecule has 0 aromatic heterocycles. The fraction of sp³-hybridized carbons (Fsp3) is 1.00. The van der Waals surface area contributed by atoms with Gasteiger partial charge in [0, 0.05) is 6.61 Å². The molecule has 17 heavy (non-hydrogen) atoms. The zero-order valence-corrected chi connectivity index (χ0v) is 10.8. The first-order valence-corrected chi connectivity index (χ1v) is 6.61. The van der Waals surface area contributed by atoms with Crippen molar-refractivity contribution in [3.05, 3.63) is 0 Å². The van der Waals surface area contributed by atoms with Gasteiger partial charge in [-0.2, -0.15) is 13.2 Å². The summed E-state index contributed by atoms with van der Waals surface area (Å²) >= 11 is 0. The maximum atomic E-state index is 12.9. The van der Waals surface area contributed by atoms with Crippen molar-refractivity contribution in [2.75, 3.05) is 19.8 Å². The van der Waals surface area contributed by atoms with Crippen molar-refractivity contribution >= 4 is 7.60 Å². The van der Waals surface area contributed by atoms with Gasteiger partial charge >= 0.3 is 19.2 Å². The van der Waals surface area contributed by atoms with Crippen LogP contribution in [0.3, 0.4) is 0 Å². The third kappa shape index (κ3) is 3.42. The Bertz CT molecular complexity index is 276. The predicted octanol–water partition coefficient (Wildman–Crippen LogP) is 2.46. The van der Waals surface area contributed by atoms with Crippen LogP contribution in [0.2, 0.25) is 0 Å². The van der Waals surface area contributed by atoms with E-state index in [0.717, 1.165) is 0 Å². The van der Waals surface area contributed by atoms with Gasteiger partial charge < -0.3 is 13.8 Å². The molecule has 0 bridgehead atoms. The van der Waals surface area contributed by atoms with E-state index in [1.807, 2.05) is 0 Å². The highest BCUT2D eigenvalue weighted by Gasteiger charge is 2.67. The quantitative estimate of drug-likeness (QED) is 0.572. The van der Waals surface area contributed by atoms with E-state index >= 15 is 0 Å². The van der Waals surface area contributed by atoms with Gasteiger partial charge in [0.05, 0.1) is 13.2 Å². The zero-order chi connectivity index (χ0) is 13.7. The SMILES string of the molecule is CCOC(N)(C(F)(F)F)P(=O)(OCC)OCC. The molecule has 0 rings (SSSR count). The van der Waals surface area contributed by atoms with Crippen LogP contribution in [0.15, 0.2) is 0 Å². The van der Waals surface area contributed by atoms with Crippen molar-refractivity contribution in [3.63, 3.8) is 0 Å². The molecule has 0 fully saturated rings. The molecule has 0 radical (unpaired) electrons. The van der Waals surface area contributed by atoms with Crippen LogP contribution in [-0.4, -0.2) is 31.5 Å². The maximum Gasteiger partial charge on any atom is 0.443 e. The van der Waals surface area contributed by atoms with E-state index < -0.39 is 19.2 Å². The van der Waals surface area contributed by atoms with Gasteiger partial charge in [-0.15, -0.1) is 0 Å². The predicted molar refractivity (Wildman–Crippen MR) is 55.5 cm³/mol. The summed E-state index contributed by atoms with van der Waals surface area (Å²) in [7, 11) is -4.65. The number of alkyl halides is 3. The molecule has 104 valence electrons. The second kappa shape index (κ2) is 6.15. The van der Waals surface area contributed by atoms with Crippen molar-refractivity contribution in [2.45, 2.75) is 32.4 Å². The Labute approximate surface area is 97.9 Å². The summed E-state index contributed by atoms with van der Waals surface area (Å²) in [5.74, 6) is 0. The molecule has 9 heteroatoms. The zero-order valence-electron chi connectivity index (χ0n) is 9.91. The maximum absolute atomic E-state index is 12.9. The number of ether oxygens (including phenoxy) is 1. The molecule has 0 amide bonds. The minimum Gasteiger partial charge on any atom is -0.343 e. The summed E-state index contributed by atoms with van der Waals surface area (Å²) < 4.78 is 64.2. The molecule has 0 heterocycles. The van der Waals surface area contributed by atoms with Gasteiger partial charge in [-0.3, -0.25) is 10.3 Å². The molecular weight excluding hydrogens is 262 g/mol. The lowest BCUT2D eigenvalue weighted by molar-refractivity contribution is -0.245. The van der Waals surface area contributed by atoms with Crippen molar-refractivity contribution in [2.24, 2.45) is 5.73 Å². The molecule has 0 aliphatic heterocycles. The first-order valence-electron chi connectivity index (χ1n) is 5.07. The molecule has 0 aromatic carbocycles. The highest BCUT2D eigenvalue weighted by molar-refractivity contribution is 7.55. The number of hydrogen-bond donors (Lipinski definition) is 1. The lowest BCUT2D eigenvalue weighted by Crippen LogP contribution is -2.56. The summed E-state index contributed by atoms with van der Waals surface area (Å²) in [6, 6.07) is 0. The van der Waals surface area contributed by atoms with E-state index in [0.29, 0.717) is 0 Å². The first-order chi connectivity index (χ1) is 7.68. The Hall–Kier alpha value is -0.140. The third-order valence-electron chi connectivity index (χ3n) is 1.78. The number of nitrogens with two attached hydrogens (primary N) is 1. The van der Waals surface area contributed by atoms with Gasteiger partial charge in [0.1, 0.15) is 0 Å². The largest absolute Gasteiger partial charge is 0.443 e. The number of rotatable bonds is 7. The van der Waals surface area contributed by atoms with Gasteiger partial charge in [0.2, 0.25) is 0 Å². The molecule has 0 spiro atoms. The van der Waals surface area contributed by atoms with E-state index in [-0.39, 0.29) is 19.8 Å².